The van der Waals surface area contributed by atoms with E-state index in [2.05, 4.69) is 21.2 Å². The fourth-order valence-electron chi connectivity index (χ4n) is 2.37. The highest BCUT2D eigenvalue weighted by molar-refractivity contribution is 9.10. The largest absolute Gasteiger partial charge is 0.314 e. The van der Waals surface area contributed by atoms with E-state index in [0.29, 0.717) is 11.1 Å². The fraction of sp³-hybridized carbons (Fsp3) is 0.538. The van der Waals surface area contributed by atoms with Crippen LogP contribution in [0.15, 0.2) is 16.6 Å². The Morgan fingerprint density at radius 2 is 2.06 bits per heavy atom. The molecule has 0 spiro atoms. The lowest BCUT2D eigenvalue weighted by Gasteiger charge is -2.34. The Labute approximate surface area is 114 Å². The van der Waals surface area contributed by atoms with Crippen LogP contribution in [0, 0.1) is 12.7 Å². The van der Waals surface area contributed by atoms with Crippen molar-refractivity contribution in [1.29, 1.82) is 0 Å². The summed E-state index contributed by atoms with van der Waals surface area (Å²) in [5.41, 5.74) is 0.999. The van der Waals surface area contributed by atoms with Crippen LogP contribution in [0.25, 0.3) is 0 Å². The maximum absolute atomic E-state index is 14.1. The first-order valence-electron chi connectivity index (χ1n) is 6.09. The summed E-state index contributed by atoms with van der Waals surface area (Å²) in [6, 6.07) is 2.92. The molecule has 0 amide bonds. The highest BCUT2D eigenvalue weighted by Gasteiger charge is 2.25. The molecule has 0 aliphatic carbocycles. The molecule has 1 aliphatic rings. The molecule has 0 unspecified atom stereocenters. The van der Waals surface area contributed by atoms with Gasteiger partial charge in [0.2, 0.25) is 0 Å². The zero-order valence-electron chi connectivity index (χ0n) is 10.3. The minimum atomic E-state index is -0.563. The normalized spacial score (nSPS) is 18.9. The molecule has 1 aromatic carbocycles. The Kier molecular flexibility index (Phi) is 4.70. The molecule has 0 saturated carbocycles. The third kappa shape index (κ3) is 2.90. The van der Waals surface area contributed by atoms with Gasteiger partial charge in [-0.15, -0.1) is 0 Å². The van der Waals surface area contributed by atoms with Crippen molar-refractivity contribution in [1.82, 2.24) is 10.2 Å². The van der Waals surface area contributed by atoms with Gasteiger partial charge in [-0.3, -0.25) is 4.90 Å². The summed E-state index contributed by atoms with van der Waals surface area (Å²) in [6.45, 7) is 4.29. The maximum atomic E-state index is 14.1. The van der Waals surface area contributed by atoms with Gasteiger partial charge in [0, 0.05) is 36.2 Å². The van der Waals surface area contributed by atoms with Crippen LogP contribution in [0.2, 0.25) is 0 Å². The first-order valence-corrected chi connectivity index (χ1v) is 6.89. The van der Waals surface area contributed by atoms with E-state index in [1.165, 1.54) is 0 Å². The molecule has 1 heterocycles. The van der Waals surface area contributed by atoms with Gasteiger partial charge in [-0.2, -0.15) is 0 Å². The number of halogens is 3. The van der Waals surface area contributed by atoms with Crippen molar-refractivity contribution in [3.8, 4) is 0 Å². The topological polar surface area (TPSA) is 15.3 Å². The number of piperazine rings is 1. The summed E-state index contributed by atoms with van der Waals surface area (Å²) in [7, 11) is 0. The lowest BCUT2D eigenvalue weighted by molar-refractivity contribution is 0.144. The first-order chi connectivity index (χ1) is 8.63. The van der Waals surface area contributed by atoms with Crippen molar-refractivity contribution in [2.75, 3.05) is 32.9 Å². The van der Waals surface area contributed by atoms with Crippen LogP contribution in [0.5, 0.6) is 0 Å². The number of rotatable bonds is 3. The maximum Gasteiger partial charge on any atom is 0.131 e. The van der Waals surface area contributed by atoms with E-state index in [1.54, 1.807) is 19.1 Å². The molecule has 18 heavy (non-hydrogen) atoms. The third-order valence-electron chi connectivity index (χ3n) is 3.34. The third-order valence-corrected chi connectivity index (χ3v) is 3.80. The molecular weight excluding hydrogens is 302 g/mol. The van der Waals surface area contributed by atoms with Gasteiger partial charge in [-0.05, 0) is 24.6 Å². The van der Waals surface area contributed by atoms with E-state index >= 15 is 0 Å². The van der Waals surface area contributed by atoms with Crippen molar-refractivity contribution in [3.63, 3.8) is 0 Å². The number of alkyl halides is 1. The van der Waals surface area contributed by atoms with Crippen molar-refractivity contribution in [2.45, 2.75) is 13.0 Å². The lowest BCUT2D eigenvalue weighted by Crippen LogP contribution is -2.45. The standard InChI is InChI=1S/C13H17BrF2N2/c1-9-6-10(14)7-11(13(9)16)12(8-15)18-4-2-17-3-5-18/h6-7,12,17H,2-5,8H2,1H3/t12-/m1/s1. The molecule has 1 atom stereocenters. The molecule has 0 aromatic heterocycles. The molecular formula is C13H17BrF2N2. The molecule has 1 aromatic rings. The first kappa shape index (κ1) is 13.9. The average molecular weight is 319 g/mol. The van der Waals surface area contributed by atoms with Crippen LogP contribution in [0.3, 0.4) is 0 Å². The zero-order chi connectivity index (χ0) is 13.1. The van der Waals surface area contributed by atoms with Crippen LogP contribution in [0.1, 0.15) is 17.2 Å². The van der Waals surface area contributed by atoms with Gasteiger partial charge in [0.25, 0.3) is 0 Å². The summed E-state index contributed by atoms with van der Waals surface area (Å²) >= 11 is 3.35. The Balaban J connectivity index is 2.31. The predicted molar refractivity (Wildman–Crippen MR) is 72.0 cm³/mol. The second-order valence-electron chi connectivity index (χ2n) is 4.58. The molecule has 0 bridgehead atoms. The van der Waals surface area contributed by atoms with Gasteiger partial charge in [-0.25, -0.2) is 8.78 Å². The molecule has 1 N–H and O–H groups in total. The highest BCUT2D eigenvalue weighted by atomic mass is 79.9. The smallest absolute Gasteiger partial charge is 0.131 e. The van der Waals surface area contributed by atoms with Crippen molar-refractivity contribution in [3.05, 3.63) is 33.5 Å². The fourth-order valence-corrected chi connectivity index (χ4v) is 2.96. The molecule has 1 aliphatic heterocycles. The zero-order valence-corrected chi connectivity index (χ0v) is 11.9. The average Bonchev–Trinajstić information content (AvgIpc) is 2.37. The van der Waals surface area contributed by atoms with E-state index in [-0.39, 0.29) is 5.82 Å². The van der Waals surface area contributed by atoms with E-state index in [0.717, 1.165) is 30.7 Å². The van der Waals surface area contributed by atoms with Gasteiger partial charge in [-0.1, -0.05) is 15.9 Å². The second kappa shape index (κ2) is 6.08. The second-order valence-corrected chi connectivity index (χ2v) is 5.50. The van der Waals surface area contributed by atoms with Crippen LogP contribution >= 0.6 is 15.9 Å². The molecule has 0 radical (unpaired) electrons. The van der Waals surface area contributed by atoms with E-state index in [1.807, 2.05) is 4.90 Å². The summed E-state index contributed by atoms with van der Waals surface area (Å²) < 4.78 is 28.3. The van der Waals surface area contributed by atoms with Crippen LogP contribution in [0.4, 0.5) is 8.78 Å². The van der Waals surface area contributed by atoms with Gasteiger partial charge >= 0.3 is 0 Å². The van der Waals surface area contributed by atoms with Gasteiger partial charge in [0.05, 0.1) is 6.04 Å². The molecule has 100 valence electrons. The van der Waals surface area contributed by atoms with Crippen LogP contribution in [-0.2, 0) is 0 Å². The molecule has 2 rings (SSSR count). The minimum Gasteiger partial charge on any atom is -0.314 e. The molecule has 2 nitrogen and oxygen atoms in total. The number of benzene rings is 1. The van der Waals surface area contributed by atoms with Gasteiger partial charge in [0.15, 0.2) is 0 Å². The highest BCUT2D eigenvalue weighted by Crippen LogP contribution is 2.29. The number of nitrogens with zero attached hydrogens (tertiary/aromatic N) is 1. The Morgan fingerprint density at radius 1 is 1.39 bits per heavy atom. The van der Waals surface area contributed by atoms with Crippen molar-refractivity contribution in [2.24, 2.45) is 0 Å². The summed E-state index contributed by atoms with van der Waals surface area (Å²) in [6.07, 6.45) is 0. The number of nitrogens with one attached hydrogen (secondary N) is 1. The number of hydrogen-bond donors (Lipinski definition) is 1. The number of hydrogen-bond acceptors (Lipinski definition) is 2. The summed E-state index contributed by atoms with van der Waals surface area (Å²) in [4.78, 5) is 2.00. The lowest BCUT2D eigenvalue weighted by atomic mass is 10.0. The minimum absolute atomic E-state index is 0.292. The molecule has 5 heteroatoms. The Bertz CT molecular complexity index is 420. The molecule has 1 fully saturated rings. The van der Waals surface area contributed by atoms with E-state index < -0.39 is 12.7 Å². The molecule has 1 saturated heterocycles. The van der Waals surface area contributed by atoms with E-state index in [9.17, 15) is 8.78 Å². The predicted octanol–water partition coefficient (Wildman–Crippen LogP) is 2.81. The van der Waals surface area contributed by atoms with Crippen LogP contribution < -0.4 is 5.32 Å². The van der Waals surface area contributed by atoms with Crippen molar-refractivity contribution >= 4 is 15.9 Å². The quantitative estimate of drug-likeness (QED) is 0.922. The monoisotopic (exact) mass is 318 g/mol. The van der Waals surface area contributed by atoms with Crippen molar-refractivity contribution < 1.29 is 8.78 Å². The van der Waals surface area contributed by atoms with Gasteiger partial charge < -0.3 is 5.32 Å². The summed E-state index contributed by atoms with van der Waals surface area (Å²) in [5.74, 6) is -0.292. The van der Waals surface area contributed by atoms with Gasteiger partial charge in [0.1, 0.15) is 12.5 Å². The SMILES string of the molecule is Cc1cc(Br)cc([C@@H](CF)N2CCNCC2)c1F. The summed E-state index contributed by atoms with van der Waals surface area (Å²) in [5, 5.41) is 3.22. The Hall–Kier alpha value is -0.520. The Morgan fingerprint density at radius 3 is 2.67 bits per heavy atom. The van der Waals surface area contributed by atoms with E-state index in [4.69, 9.17) is 0 Å². The number of aryl methyl sites for hydroxylation is 1. The van der Waals surface area contributed by atoms with Crippen LogP contribution in [-0.4, -0.2) is 37.8 Å².